The minimum atomic E-state index is -4.50. The van der Waals surface area contributed by atoms with Gasteiger partial charge in [-0.25, -0.2) is 4.79 Å². The molecular formula is C18H14ClF3N2O2. The van der Waals surface area contributed by atoms with Gasteiger partial charge in [0.15, 0.2) is 0 Å². The molecular weight excluding hydrogens is 369 g/mol. The third kappa shape index (κ3) is 3.14. The lowest BCUT2D eigenvalue weighted by Gasteiger charge is -2.23. The van der Waals surface area contributed by atoms with E-state index in [0.29, 0.717) is 10.6 Å². The molecule has 1 fully saturated rings. The van der Waals surface area contributed by atoms with Gasteiger partial charge in [-0.15, -0.1) is 0 Å². The number of carbonyl (C=O) groups is 2. The van der Waals surface area contributed by atoms with E-state index in [4.69, 9.17) is 11.6 Å². The lowest BCUT2D eigenvalue weighted by Crippen LogP contribution is -2.41. The minimum absolute atomic E-state index is 0.201. The normalized spacial score (nSPS) is 20.4. The fraction of sp³-hybridized carbons (Fsp3) is 0.222. The van der Waals surface area contributed by atoms with Gasteiger partial charge in [-0.1, -0.05) is 41.9 Å². The van der Waals surface area contributed by atoms with E-state index in [1.54, 1.807) is 24.3 Å². The quantitative estimate of drug-likeness (QED) is 0.803. The monoisotopic (exact) mass is 382 g/mol. The van der Waals surface area contributed by atoms with Crippen LogP contribution in [-0.2, 0) is 23.1 Å². The van der Waals surface area contributed by atoms with Crippen molar-refractivity contribution in [1.29, 1.82) is 0 Å². The molecule has 3 rings (SSSR count). The number of nitrogens with one attached hydrogen (secondary N) is 1. The van der Waals surface area contributed by atoms with Gasteiger partial charge in [0, 0.05) is 10.6 Å². The number of rotatable bonds is 3. The van der Waals surface area contributed by atoms with Gasteiger partial charge in [0.05, 0.1) is 12.1 Å². The zero-order chi connectivity index (χ0) is 19.1. The molecule has 1 atom stereocenters. The van der Waals surface area contributed by atoms with Gasteiger partial charge in [-0.2, -0.15) is 13.2 Å². The summed E-state index contributed by atoms with van der Waals surface area (Å²) in [5.74, 6) is -0.576. The maximum Gasteiger partial charge on any atom is 0.416 e. The lowest BCUT2D eigenvalue weighted by molar-refractivity contribution is -0.137. The van der Waals surface area contributed by atoms with Gasteiger partial charge in [0.25, 0.3) is 5.91 Å². The van der Waals surface area contributed by atoms with Crippen molar-refractivity contribution in [3.63, 3.8) is 0 Å². The number of urea groups is 1. The topological polar surface area (TPSA) is 49.4 Å². The van der Waals surface area contributed by atoms with E-state index in [9.17, 15) is 22.8 Å². The lowest BCUT2D eigenvalue weighted by atomic mass is 9.92. The minimum Gasteiger partial charge on any atom is -0.319 e. The first-order valence-electron chi connectivity index (χ1n) is 7.68. The average Bonchev–Trinajstić information content (AvgIpc) is 2.79. The molecule has 8 heteroatoms. The van der Waals surface area contributed by atoms with Crippen LogP contribution in [0.3, 0.4) is 0 Å². The van der Waals surface area contributed by atoms with Gasteiger partial charge >= 0.3 is 12.2 Å². The van der Waals surface area contributed by atoms with Crippen molar-refractivity contribution in [3.8, 4) is 0 Å². The highest BCUT2D eigenvalue weighted by atomic mass is 35.5. The summed E-state index contributed by atoms with van der Waals surface area (Å²) in [6.45, 7) is 1.25. The second-order valence-corrected chi connectivity index (χ2v) is 6.53. The predicted octanol–water partition coefficient (Wildman–Crippen LogP) is 4.33. The Bertz CT molecular complexity index is 885. The van der Waals surface area contributed by atoms with Crippen molar-refractivity contribution >= 4 is 23.5 Å². The van der Waals surface area contributed by atoms with E-state index in [0.717, 1.165) is 17.0 Å². The van der Waals surface area contributed by atoms with Gasteiger partial charge in [-0.05, 0) is 30.7 Å². The molecule has 1 unspecified atom stereocenters. The summed E-state index contributed by atoms with van der Waals surface area (Å²) in [5.41, 5.74) is -1.59. The first-order valence-corrected chi connectivity index (χ1v) is 8.06. The highest BCUT2D eigenvalue weighted by molar-refractivity contribution is 6.32. The van der Waals surface area contributed by atoms with Crippen LogP contribution < -0.4 is 5.32 Å². The Morgan fingerprint density at radius 1 is 1.12 bits per heavy atom. The second kappa shape index (κ2) is 6.32. The Labute approximate surface area is 152 Å². The molecule has 1 aliphatic heterocycles. The number of hydrogen-bond acceptors (Lipinski definition) is 2. The maximum atomic E-state index is 12.8. The van der Waals surface area contributed by atoms with Crippen molar-refractivity contribution in [1.82, 2.24) is 10.2 Å². The van der Waals surface area contributed by atoms with Crippen molar-refractivity contribution in [2.75, 3.05) is 0 Å². The summed E-state index contributed by atoms with van der Waals surface area (Å²) in [5, 5.41) is 2.89. The summed E-state index contributed by atoms with van der Waals surface area (Å²) < 4.78 is 38.5. The Balaban J connectivity index is 1.90. The Hall–Kier alpha value is -2.54. The van der Waals surface area contributed by atoms with Crippen molar-refractivity contribution in [2.45, 2.75) is 25.2 Å². The second-order valence-electron chi connectivity index (χ2n) is 6.12. The van der Waals surface area contributed by atoms with Crippen LogP contribution in [0.4, 0.5) is 18.0 Å². The molecule has 1 N–H and O–H groups in total. The molecule has 4 nitrogen and oxygen atoms in total. The highest BCUT2D eigenvalue weighted by Gasteiger charge is 2.49. The maximum absolute atomic E-state index is 12.8. The highest BCUT2D eigenvalue weighted by Crippen LogP contribution is 2.34. The molecule has 3 amide bonds. The summed E-state index contributed by atoms with van der Waals surface area (Å²) >= 11 is 6.14. The number of hydrogen-bond donors (Lipinski definition) is 1. The van der Waals surface area contributed by atoms with Crippen molar-refractivity contribution in [2.24, 2.45) is 0 Å². The molecule has 1 heterocycles. The molecule has 0 aromatic heterocycles. The van der Waals surface area contributed by atoms with Gasteiger partial charge < -0.3 is 5.32 Å². The van der Waals surface area contributed by atoms with Crippen LogP contribution in [0.2, 0.25) is 5.02 Å². The summed E-state index contributed by atoms with van der Waals surface area (Å²) in [4.78, 5) is 26.0. The SMILES string of the molecule is CC1(c2ccccc2Cl)NC(=O)N(Cc2cccc(C(F)(F)F)c2)C1=O. The molecule has 26 heavy (non-hydrogen) atoms. The van der Waals surface area contributed by atoms with E-state index >= 15 is 0 Å². The van der Waals surface area contributed by atoms with Gasteiger partial charge in [0.2, 0.25) is 0 Å². The van der Waals surface area contributed by atoms with E-state index in [1.165, 1.54) is 19.1 Å². The van der Waals surface area contributed by atoms with Crippen molar-refractivity contribution < 1.29 is 22.8 Å². The molecule has 0 aliphatic carbocycles. The van der Waals surface area contributed by atoms with E-state index in [2.05, 4.69) is 5.32 Å². The Morgan fingerprint density at radius 3 is 2.46 bits per heavy atom. The molecule has 1 aliphatic rings. The molecule has 1 saturated heterocycles. The van der Waals surface area contributed by atoms with Crippen LogP contribution in [0.25, 0.3) is 0 Å². The summed E-state index contributed by atoms with van der Waals surface area (Å²) in [6.07, 6.45) is -4.50. The van der Waals surface area contributed by atoms with Crippen LogP contribution in [0.15, 0.2) is 48.5 Å². The first-order chi connectivity index (χ1) is 12.1. The van der Waals surface area contributed by atoms with Crippen LogP contribution in [0.5, 0.6) is 0 Å². The van der Waals surface area contributed by atoms with Gasteiger partial charge in [-0.3, -0.25) is 9.69 Å². The fourth-order valence-corrected chi connectivity index (χ4v) is 3.24. The number of imide groups is 1. The van der Waals surface area contributed by atoms with E-state index < -0.39 is 29.2 Å². The number of halogens is 4. The smallest absolute Gasteiger partial charge is 0.319 e. The summed E-state index contributed by atoms with van der Waals surface area (Å²) in [6, 6.07) is 10.4. The van der Waals surface area contributed by atoms with E-state index in [1.807, 2.05) is 0 Å². The molecule has 2 aromatic carbocycles. The number of benzene rings is 2. The third-order valence-electron chi connectivity index (χ3n) is 4.28. The largest absolute Gasteiger partial charge is 0.416 e. The summed E-state index contributed by atoms with van der Waals surface area (Å²) in [7, 11) is 0. The van der Waals surface area contributed by atoms with Crippen LogP contribution in [0, 0.1) is 0 Å². The molecule has 0 radical (unpaired) electrons. The number of alkyl halides is 3. The average molecular weight is 383 g/mol. The standard InChI is InChI=1S/C18H14ClF3N2O2/c1-17(13-7-2-3-8-14(13)19)15(25)24(16(26)23-17)10-11-5-4-6-12(9-11)18(20,21)22/h2-9H,10H2,1H3,(H,23,26). The van der Waals surface area contributed by atoms with Gasteiger partial charge in [0.1, 0.15) is 5.54 Å². The van der Waals surface area contributed by atoms with Crippen molar-refractivity contribution in [3.05, 3.63) is 70.2 Å². The molecule has 136 valence electrons. The fourth-order valence-electron chi connectivity index (χ4n) is 2.92. The zero-order valence-electron chi connectivity index (χ0n) is 13.6. The molecule has 0 bridgehead atoms. The van der Waals surface area contributed by atoms with Crippen LogP contribution in [-0.4, -0.2) is 16.8 Å². The first kappa shape index (κ1) is 18.3. The zero-order valence-corrected chi connectivity index (χ0v) is 14.4. The Kier molecular flexibility index (Phi) is 4.44. The van der Waals surface area contributed by atoms with Crippen LogP contribution >= 0.6 is 11.6 Å². The number of amides is 3. The van der Waals surface area contributed by atoms with Crippen LogP contribution in [0.1, 0.15) is 23.6 Å². The number of carbonyl (C=O) groups excluding carboxylic acids is 2. The van der Waals surface area contributed by atoms with E-state index in [-0.39, 0.29) is 12.1 Å². The number of nitrogens with zero attached hydrogens (tertiary/aromatic N) is 1. The molecule has 0 spiro atoms. The Morgan fingerprint density at radius 2 is 1.81 bits per heavy atom. The molecule has 2 aromatic rings. The predicted molar refractivity (Wildman–Crippen MR) is 89.3 cm³/mol. The molecule has 0 saturated carbocycles. The third-order valence-corrected chi connectivity index (χ3v) is 4.61.